The van der Waals surface area contributed by atoms with Gasteiger partial charge in [0.05, 0.1) is 12.1 Å². The molecule has 13 heavy (non-hydrogen) atoms. The first-order chi connectivity index (χ1) is 5.82. The van der Waals surface area contributed by atoms with Gasteiger partial charge in [-0.3, -0.25) is 0 Å². The molecule has 1 saturated heterocycles. The van der Waals surface area contributed by atoms with Gasteiger partial charge in [0.2, 0.25) is 0 Å². The highest BCUT2D eigenvalue weighted by Gasteiger charge is 2.40. The fourth-order valence-corrected chi connectivity index (χ4v) is 1.81. The van der Waals surface area contributed by atoms with Crippen molar-refractivity contribution in [2.45, 2.75) is 46.7 Å². The van der Waals surface area contributed by atoms with E-state index < -0.39 is 0 Å². The summed E-state index contributed by atoms with van der Waals surface area (Å²) in [6.07, 6.45) is 0. The Balaban J connectivity index is 2.78. The minimum Gasteiger partial charge on any atom is -0.333 e. The molecule has 0 aromatic rings. The molecule has 0 radical (unpaired) electrons. The molecule has 1 heterocycles. The fraction of sp³-hybridized carbons (Fsp3) is 0.900. The maximum absolute atomic E-state index is 11.2. The highest BCUT2D eigenvalue weighted by Crippen LogP contribution is 2.27. The van der Waals surface area contributed by atoms with Gasteiger partial charge >= 0.3 is 6.03 Å². The third kappa shape index (κ3) is 2.14. The van der Waals surface area contributed by atoms with Crippen molar-refractivity contribution in [2.75, 3.05) is 0 Å². The number of nitrogens with one attached hydrogen (secondary N) is 2. The van der Waals surface area contributed by atoms with Crippen molar-refractivity contribution in [1.29, 1.82) is 0 Å². The Morgan fingerprint density at radius 1 is 1.23 bits per heavy atom. The van der Waals surface area contributed by atoms with Gasteiger partial charge < -0.3 is 10.6 Å². The quantitative estimate of drug-likeness (QED) is 0.640. The maximum atomic E-state index is 11.2. The lowest BCUT2D eigenvalue weighted by Crippen LogP contribution is -2.46. The second kappa shape index (κ2) is 3.20. The number of hydrogen-bond donors (Lipinski definition) is 2. The third-order valence-corrected chi connectivity index (χ3v) is 2.59. The lowest BCUT2D eigenvalue weighted by atomic mass is 9.80. The average molecular weight is 184 g/mol. The first kappa shape index (κ1) is 10.4. The number of rotatable bonds is 1. The van der Waals surface area contributed by atoms with E-state index in [1.165, 1.54) is 0 Å². The second-order valence-electron chi connectivity index (χ2n) is 5.23. The van der Waals surface area contributed by atoms with Gasteiger partial charge in [0.15, 0.2) is 0 Å². The van der Waals surface area contributed by atoms with Gasteiger partial charge in [-0.1, -0.05) is 34.6 Å². The van der Waals surface area contributed by atoms with Crippen molar-refractivity contribution in [3.8, 4) is 0 Å². The number of carbonyl (C=O) groups is 1. The molecule has 3 nitrogen and oxygen atoms in total. The van der Waals surface area contributed by atoms with Crippen LogP contribution in [0.3, 0.4) is 0 Å². The zero-order valence-electron chi connectivity index (χ0n) is 9.14. The van der Waals surface area contributed by atoms with E-state index >= 15 is 0 Å². The monoisotopic (exact) mass is 184 g/mol. The third-order valence-electron chi connectivity index (χ3n) is 2.59. The summed E-state index contributed by atoms with van der Waals surface area (Å²) in [4.78, 5) is 11.2. The largest absolute Gasteiger partial charge is 0.333 e. The zero-order chi connectivity index (χ0) is 10.2. The van der Waals surface area contributed by atoms with Crippen LogP contribution in [-0.2, 0) is 0 Å². The van der Waals surface area contributed by atoms with Gasteiger partial charge in [-0.15, -0.1) is 0 Å². The van der Waals surface area contributed by atoms with Gasteiger partial charge in [-0.2, -0.15) is 0 Å². The van der Waals surface area contributed by atoms with Crippen molar-refractivity contribution < 1.29 is 4.79 Å². The summed E-state index contributed by atoms with van der Waals surface area (Å²) in [6, 6.07) is 0.464. The molecule has 0 aromatic heterocycles. The normalized spacial score (nSPS) is 28.9. The van der Waals surface area contributed by atoms with Crippen molar-refractivity contribution in [2.24, 2.45) is 11.3 Å². The number of hydrogen-bond acceptors (Lipinski definition) is 1. The average Bonchev–Trinajstić information content (AvgIpc) is 2.29. The van der Waals surface area contributed by atoms with E-state index in [-0.39, 0.29) is 23.5 Å². The molecule has 0 saturated carbocycles. The van der Waals surface area contributed by atoms with Gasteiger partial charge in [0, 0.05) is 0 Å². The molecule has 2 amide bonds. The van der Waals surface area contributed by atoms with Crippen LogP contribution < -0.4 is 10.6 Å². The zero-order valence-corrected chi connectivity index (χ0v) is 9.14. The predicted molar refractivity (Wildman–Crippen MR) is 53.5 cm³/mol. The summed E-state index contributed by atoms with van der Waals surface area (Å²) in [5.74, 6) is 0.475. The number of carbonyl (C=O) groups excluding carboxylic acids is 1. The molecule has 0 spiro atoms. The maximum Gasteiger partial charge on any atom is 0.315 e. The van der Waals surface area contributed by atoms with Crippen molar-refractivity contribution in [3.05, 3.63) is 0 Å². The summed E-state index contributed by atoms with van der Waals surface area (Å²) in [5, 5.41) is 5.94. The van der Waals surface area contributed by atoms with E-state index in [4.69, 9.17) is 0 Å². The first-order valence-corrected chi connectivity index (χ1v) is 4.89. The van der Waals surface area contributed by atoms with Crippen LogP contribution in [0.1, 0.15) is 34.6 Å². The van der Waals surface area contributed by atoms with Crippen LogP contribution >= 0.6 is 0 Å². The Morgan fingerprint density at radius 2 is 1.77 bits per heavy atom. The van der Waals surface area contributed by atoms with Crippen molar-refractivity contribution in [3.63, 3.8) is 0 Å². The van der Waals surface area contributed by atoms with E-state index in [2.05, 4.69) is 45.3 Å². The first-order valence-electron chi connectivity index (χ1n) is 4.89. The molecule has 3 heteroatoms. The SMILES string of the molecule is CC(C)[C@@H]1NC(=O)N[C@@H]1C(C)(C)C. The van der Waals surface area contributed by atoms with E-state index in [1.54, 1.807) is 0 Å². The molecule has 0 aliphatic carbocycles. The molecule has 1 rings (SSSR count). The van der Waals surface area contributed by atoms with Crippen molar-refractivity contribution >= 4 is 6.03 Å². The van der Waals surface area contributed by atoms with Gasteiger partial charge in [0.1, 0.15) is 0 Å². The van der Waals surface area contributed by atoms with Crippen LogP contribution in [-0.4, -0.2) is 18.1 Å². The van der Waals surface area contributed by atoms with Crippen molar-refractivity contribution in [1.82, 2.24) is 10.6 Å². The van der Waals surface area contributed by atoms with Crippen LogP contribution in [0.2, 0.25) is 0 Å². The van der Waals surface area contributed by atoms with Crippen LogP contribution in [0.25, 0.3) is 0 Å². The lowest BCUT2D eigenvalue weighted by Gasteiger charge is -2.32. The molecule has 1 fully saturated rings. The molecule has 1 aliphatic heterocycles. The van der Waals surface area contributed by atoms with Crippen LogP contribution in [0, 0.1) is 11.3 Å². The van der Waals surface area contributed by atoms with Crippen LogP contribution in [0.4, 0.5) is 4.79 Å². The standard InChI is InChI=1S/C10H20N2O/c1-6(2)7-8(10(3,4)5)12-9(13)11-7/h6-8H,1-5H3,(H2,11,12,13)/t7-,8-/m0/s1. The van der Waals surface area contributed by atoms with Gasteiger partial charge in [-0.05, 0) is 11.3 Å². The highest BCUT2D eigenvalue weighted by atomic mass is 16.2. The molecule has 1 aliphatic rings. The molecular weight excluding hydrogens is 164 g/mol. The lowest BCUT2D eigenvalue weighted by molar-refractivity contribution is 0.234. The topological polar surface area (TPSA) is 41.1 Å². The summed E-state index contributed by atoms with van der Waals surface area (Å²) in [5.41, 5.74) is 0.119. The molecule has 2 atom stereocenters. The Bertz CT molecular complexity index is 205. The summed E-state index contributed by atoms with van der Waals surface area (Å²) >= 11 is 0. The molecule has 2 N–H and O–H groups in total. The Kier molecular flexibility index (Phi) is 2.55. The Morgan fingerprint density at radius 3 is 2.08 bits per heavy atom. The van der Waals surface area contributed by atoms with Gasteiger partial charge in [-0.25, -0.2) is 4.79 Å². The molecular formula is C10H20N2O. The molecule has 0 unspecified atom stereocenters. The minimum absolute atomic E-state index is 0.0291. The molecule has 0 aromatic carbocycles. The second-order valence-corrected chi connectivity index (χ2v) is 5.23. The highest BCUT2D eigenvalue weighted by molar-refractivity contribution is 5.77. The molecule has 76 valence electrons. The van der Waals surface area contributed by atoms with E-state index in [0.717, 1.165) is 0 Å². The van der Waals surface area contributed by atoms with Crippen LogP contribution in [0.5, 0.6) is 0 Å². The van der Waals surface area contributed by atoms with E-state index in [1.807, 2.05) is 0 Å². The van der Waals surface area contributed by atoms with E-state index in [0.29, 0.717) is 5.92 Å². The van der Waals surface area contributed by atoms with Crippen LogP contribution in [0.15, 0.2) is 0 Å². The predicted octanol–water partition coefficient (Wildman–Crippen LogP) is 1.74. The number of amides is 2. The number of urea groups is 1. The summed E-state index contributed by atoms with van der Waals surface area (Å²) in [7, 11) is 0. The minimum atomic E-state index is -0.0291. The summed E-state index contributed by atoms with van der Waals surface area (Å²) < 4.78 is 0. The van der Waals surface area contributed by atoms with Gasteiger partial charge in [0.25, 0.3) is 0 Å². The Hall–Kier alpha value is -0.730. The Labute approximate surface area is 80.3 Å². The molecule has 0 bridgehead atoms. The smallest absolute Gasteiger partial charge is 0.315 e. The summed E-state index contributed by atoms with van der Waals surface area (Å²) in [6.45, 7) is 10.7. The van der Waals surface area contributed by atoms with E-state index in [9.17, 15) is 4.79 Å². The fourth-order valence-electron chi connectivity index (χ4n) is 1.81.